The number of rotatable bonds is 1. The zero-order chi connectivity index (χ0) is 10.1. The lowest BCUT2D eigenvalue weighted by Gasteiger charge is -1.90. The van der Waals surface area contributed by atoms with Crippen LogP contribution in [0.5, 0.6) is 0 Å². The molecule has 1 N–H and O–H groups in total. The van der Waals surface area contributed by atoms with Crippen molar-refractivity contribution in [3.63, 3.8) is 0 Å². The summed E-state index contributed by atoms with van der Waals surface area (Å²) in [6.07, 6.45) is 0. The minimum absolute atomic E-state index is 0.0781. The van der Waals surface area contributed by atoms with Crippen LogP contribution < -0.4 is 0 Å². The van der Waals surface area contributed by atoms with E-state index in [0.717, 1.165) is 0 Å². The maximum absolute atomic E-state index is 10.6. The van der Waals surface area contributed by atoms with E-state index in [0.29, 0.717) is 5.52 Å². The third-order valence-electron chi connectivity index (χ3n) is 1.79. The van der Waals surface area contributed by atoms with Crippen LogP contribution in [0.15, 0.2) is 18.2 Å². The Morgan fingerprint density at radius 3 is 3.00 bits per heavy atom. The van der Waals surface area contributed by atoms with Crippen molar-refractivity contribution in [2.75, 3.05) is 0 Å². The first-order chi connectivity index (χ1) is 6.72. The number of benzene rings is 1. The molecule has 0 spiro atoms. The summed E-state index contributed by atoms with van der Waals surface area (Å²) < 4.78 is 0. The van der Waals surface area contributed by atoms with Gasteiger partial charge in [0.25, 0.3) is 5.69 Å². The van der Waals surface area contributed by atoms with Crippen LogP contribution in [0, 0.1) is 21.4 Å². The number of nitrogens with one attached hydrogen (secondary N) is 1. The molecule has 1 aromatic carbocycles. The Morgan fingerprint density at radius 2 is 2.36 bits per heavy atom. The topological polar surface area (TPSA) is 95.6 Å². The third-order valence-corrected chi connectivity index (χ3v) is 1.79. The van der Waals surface area contributed by atoms with Crippen molar-refractivity contribution in [3.05, 3.63) is 34.1 Å². The maximum atomic E-state index is 10.6. The van der Waals surface area contributed by atoms with Gasteiger partial charge < -0.3 is 4.98 Å². The second-order valence-electron chi connectivity index (χ2n) is 2.63. The Balaban J connectivity index is 2.81. The van der Waals surface area contributed by atoms with Gasteiger partial charge in [-0.3, -0.25) is 10.1 Å². The predicted octanol–water partition coefficient (Wildman–Crippen LogP) is 1.34. The Bertz CT molecular complexity index is 552. The number of nitro groups is 1. The van der Waals surface area contributed by atoms with Crippen LogP contribution in [0.2, 0.25) is 0 Å². The number of imidazole rings is 1. The lowest BCUT2D eigenvalue weighted by atomic mass is 10.3. The van der Waals surface area contributed by atoms with E-state index in [1.165, 1.54) is 6.07 Å². The van der Waals surface area contributed by atoms with E-state index in [4.69, 9.17) is 5.26 Å². The van der Waals surface area contributed by atoms with Gasteiger partial charge in [0.1, 0.15) is 6.07 Å². The van der Waals surface area contributed by atoms with E-state index >= 15 is 0 Å². The number of nitro benzene ring substituents is 1. The highest BCUT2D eigenvalue weighted by Crippen LogP contribution is 2.22. The van der Waals surface area contributed by atoms with Crippen molar-refractivity contribution in [1.29, 1.82) is 5.26 Å². The lowest BCUT2D eigenvalue weighted by molar-refractivity contribution is -0.383. The molecule has 0 atom stereocenters. The Labute approximate surface area is 78.0 Å². The summed E-state index contributed by atoms with van der Waals surface area (Å²) in [6.45, 7) is 0. The van der Waals surface area contributed by atoms with Gasteiger partial charge in [0.15, 0.2) is 5.52 Å². The summed E-state index contributed by atoms with van der Waals surface area (Å²) >= 11 is 0. The molecule has 0 saturated carbocycles. The molecule has 0 amide bonds. The fraction of sp³-hybridized carbons (Fsp3) is 0. The van der Waals surface area contributed by atoms with Crippen LogP contribution in [0.3, 0.4) is 0 Å². The van der Waals surface area contributed by atoms with E-state index in [9.17, 15) is 10.1 Å². The molecule has 0 aliphatic heterocycles. The number of hydrogen-bond acceptors (Lipinski definition) is 4. The molecule has 0 fully saturated rings. The molecule has 14 heavy (non-hydrogen) atoms. The molecule has 6 heteroatoms. The zero-order valence-electron chi connectivity index (χ0n) is 6.89. The minimum Gasteiger partial charge on any atom is -0.329 e. The molecule has 0 aliphatic carbocycles. The second-order valence-corrected chi connectivity index (χ2v) is 2.63. The minimum atomic E-state index is -0.523. The average molecular weight is 188 g/mol. The molecule has 0 aliphatic rings. The van der Waals surface area contributed by atoms with Gasteiger partial charge in [0, 0.05) is 6.07 Å². The standard InChI is InChI=1S/C8H4N4O2/c9-4-7-10-5-2-1-3-6(12(13)14)8(5)11-7/h1-3H,(H,10,11). The molecule has 1 heterocycles. The third kappa shape index (κ3) is 1.08. The van der Waals surface area contributed by atoms with E-state index in [1.807, 2.05) is 0 Å². The number of aromatic nitrogens is 2. The summed E-state index contributed by atoms with van der Waals surface area (Å²) in [4.78, 5) is 16.5. The van der Waals surface area contributed by atoms with E-state index in [1.54, 1.807) is 18.2 Å². The van der Waals surface area contributed by atoms with E-state index < -0.39 is 4.92 Å². The number of non-ortho nitro benzene ring substituents is 1. The molecule has 1 aromatic heterocycles. The molecule has 0 unspecified atom stereocenters. The fourth-order valence-electron chi connectivity index (χ4n) is 1.22. The number of nitriles is 1. The van der Waals surface area contributed by atoms with Gasteiger partial charge in [-0.2, -0.15) is 5.26 Å². The van der Waals surface area contributed by atoms with E-state index in [-0.39, 0.29) is 17.0 Å². The molecular formula is C8H4N4O2. The highest BCUT2D eigenvalue weighted by atomic mass is 16.6. The summed E-state index contributed by atoms with van der Waals surface area (Å²) in [5.41, 5.74) is 0.616. The van der Waals surface area contributed by atoms with Crippen LogP contribution in [-0.2, 0) is 0 Å². The van der Waals surface area contributed by atoms with Gasteiger partial charge in [0.2, 0.25) is 5.82 Å². The first kappa shape index (κ1) is 8.19. The van der Waals surface area contributed by atoms with Crippen molar-refractivity contribution in [2.45, 2.75) is 0 Å². The van der Waals surface area contributed by atoms with Crippen LogP contribution >= 0.6 is 0 Å². The largest absolute Gasteiger partial charge is 0.329 e. The fourth-order valence-corrected chi connectivity index (χ4v) is 1.22. The molecule has 0 radical (unpaired) electrons. The Morgan fingerprint density at radius 1 is 1.57 bits per heavy atom. The number of fused-ring (bicyclic) bond motifs is 1. The highest BCUT2D eigenvalue weighted by molar-refractivity contribution is 5.84. The number of H-pyrrole nitrogens is 1. The quantitative estimate of drug-likeness (QED) is 0.539. The molecule has 0 saturated heterocycles. The smallest absolute Gasteiger partial charge is 0.297 e. The van der Waals surface area contributed by atoms with Crippen molar-refractivity contribution in [1.82, 2.24) is 9.97 Å². The van der Waals surface area contributed by atoms with Gasteiger partial charge in [-0.1, -0.05) is 6.07 Å². The van der Waals surface area contributed by atoms with Crippen molar-refractivity contribution < 1.29 is 4.92 Å². The average Bonchev–Trinajstić information content (AvgIpc) is 2.59. The van der Waals surface area contributed by atoms with Gasteiger partial charge in [-0.15, -0.1) is 0 Å². The normalized spacial score (nSPS) is 9.93. The molecule has 0 bridgehead atoms. The summed E-state index contributed by atoms with van der Waals surface area (Å²) in [5.74, 6) is 0.0781. The number of hydrogen-bond donors (Lipinski definition) is 1. The maximum Gasteiger partial charge on any atom is 0.297 e. The van der Waals surface area contributed by atoms with Crippen molar-refractivity contribution in [3.8, 4) is 6.07 Å². The first-order valence-electron chi connectivity index (χ1n) is 3.75. The molecule has 2 aromatic rings. The van der Waals surface area contributed by atoms with Gasteiger partial charge in [-0.25, -0.2) is 4.98 Å². The summed E-state index contributed by atoms with van der Waals surface area (Å²) in [5, 5.41) is 19.1. The number of aromatic amines is 1. The molecular weight excluding hydrogens is 184 g/mol. The number of nitrogens with zero attached hydrogens (tertiary/aromatic N) is 3. The Kier molecular flexibility index (Phi) is 1.65. The van der Waals surface area contributed by atoms with Crippen molar-refractivity contribution in [2.24, 2.45) is 0 Å². The zero-order valence-corrected chi connectivity index (χ0v) is 6.89. The van der Waals surface area contributed by atoms with Gasteiger partial charge >= 0.3 is 0 Å². The van der Waals surface area contributed by atoms with Gasteiger partial charge in [-0.05, 0) is 6.07 Å². The SMILES string of the molecule is N#Cc1nc2c([N+](=O)[O-])cccc2[nH]1. The molecule has 6 nitrogen and oxygen atoms in total. The predicted molar refractivity (Wildman–Crippen MR) is 47.5 cm³/mol. The lowest BCUT2D eigenvalue weighted by Crippen LogP contribution is -1.88. The van der Waals surface area contributed by atoms with E-state index in [2.05, 4.69) is 9.97 Å². The highest BCUT2D eigenvalue weighted by Gasteiger charge is 2.14. The second kappa shape index (κ2) is 2.81. The van der Waals surface area contributed by atoms with Crippen LogP contribution in [-0.4, -0.2) is 14.9 Å². The molecule has 68 valence electrons. The van der Waals surface area contributed by atoms with Gasteiger partial charge in [0.05, 0.1) is 10.4 Å². The Hall–Kier alpha value is -2.42. The first-order valence-corrected chi connectivity index (χ1v) is 3.75. The van der Waals surface area contributed by atoms with Crippen LogP contribution in [0.25, 0.3) is 11.0 Å². The van der Waals surface area contributed by atoms with Crippen molar-refractivity contribution >= 4 is 16.7 Å². The molecule has 2 rings (SSSR count). The summed E-state index contributed by atoms with van der Waals surface area (Å²) in [6, 6.07) is 6.32. The number of para-hydroxylation sites is 1. The summed E-state index contributed by atoms with van der Waals surface area (Å²) in [7, 11) is 0. The van der Waals surface area contributed by atoms with Crippen LogP contribution in [0.4, 0.5) is 5.69 Å². The van der Waals surface area contributed by atoms with Crippen LogP contribution in [0.1, 0.15) is 5.82 Å². The monoisotopic (exact) mass is 188 g/mol.